The van der Waals surface area contributed by atoms with E-state index in [-0.39, 0.29) is 30.1 Å². The lowest BCUT2D eigenvalue weighted by atomic mass is 9.92. The number of likely N-dealkylation sites (tertiary alicyclic amines) is 1. The number of carbonyl (C=O) groups is 2. The Balaban J connectivity index is 0.00000225. The van der Waals surface area contributed by atoms with Crippen LogP contribution in [0.4, 0.5) is 5.69 Å². The van der Waals surface area contributed by atoms with Gasteiger partial charge in [-0.05, 0) is 49.9 Å². The van der Waals surface area contributed by atoms with Crippen LogP contribution >= 0.6 is 28.3 Å². The number of anilines is 1. The van der Waals surface area contributed by atoms with Gasteiger partial charge in [0.2, 0.25) is 11.8 Å². The minimum Gasteiger partial charge on any atom is -0.341 e. The van der Waals surface area contributed by atoms with Gasteiger partial charge in [-0.1, -0.05) is 28.8 Å². The molecule has 2 fully saturated rings. The second-order valence-electron chi connectivity index (χ2n) is 6.93. The quantitative estimate of drug-likeness (QED) is 0.772. The molecule has 25 heavy (non-hydrogen) atoms. The first kappa shape index (κ1) is 20.2. The van der Waals surface area contributed by atoms with Crippen LogP contribution in [-0.2, 0) is 9.59 Å². The van der Waals surface area contributed by atoms with Gasteiger partial charge in [0.15, 0.2) is 0 Å². The molecule has 2 amide bonds. The molecule has 0 spiro atoms. The Morgan fingerprint density at radius 2 is 1.68 bits per heavy atom. The van der Waals surface area contributed by atoms with Crippen molar-refractivity contribution < 1.29 is 9.59 Å². The van der Waals surface area contributed by atoms with Crippen molar-refractivity contribution in [1.82, 2.24) is 4.90 Å². The zero-order valence-electron chi connectivity index (χ0n) is 14.2. The molecule has 0 atom stereocenters. The number of nitrogens with zero attached hydrogens (tertiary/aromatic N) is 1. The number of benzene rings is 1. The fourth-order valence-corrected chi connectivity index (χ4v) is 3.92. The highest BCUT2D eigenvalue weighted by Crippen LogP contribution is 2.30. The average molecular weight is 431 g/mol. The maximum Gasteiger partial charge on any atom is 0.242 e. The number of carbonyl (C=O) groups excluding carboxylic acids is 2. The molecule has 5 nitrogen and oxygen atoms in total. The monoisotopic (exact) mass is 429 g/mol. The molecule has 0 aromatic heterocycles. The lowest BCUT2D eigenvalue weighted by Gasteiger charge is -2.36. The number of rotatable bonds is 3. The van der Waals surface area contributed by atoms with Gasteiger partial charge in [0.25, 0.3) is 0 Å². The van der Waals surface area contributed by atoms with Crippen molar-refractivity contribution in [2.24, 2.45) is 11.7 Å². The number of piperidine rings is 1. The number of hydrogen-bond acceptors (Lipinski definition) is 3. The van der Waals surface area contributed by atoms with Gasteiger partial charge in [0.05, 0.1) is 5.54 Å². The highest BCUT2D eigenvalue weighted by atomic mass is 79.9. The molecular formula is C18H25BrClN3O2. The van der Waals surface area contributed by atoms with Gasteiger partial charge in [-0.2, -0.15) is 0 Å². The Labute approximate surface area is 163 Å². The first-order valence-corrected chi connectivity index (χ1v) is 9.42. The fourth-order valence-electron chi connectivity index (χ4n) is 3.66. The number of amides is 2. The van der Waals surface area contributed by atoms with Crippen molar-refractivity contribution >= 4 is 45.8 Å². The largest absolute Gasteiger partial charge is 0.341 e. The molecule has 3 rings (SSSR count). The van der Waals surface area contributed by atoms with E-state index in [4.69, 9.17) is 5.73 Å². The number of nitrogens with two attached hydrogens (primary N) is 1. The Morgan fingerprint density at radius 1 is 1.12 bits per heavy atom. The summed E-state index contributed by atoms with van der Waals surface area (Å²) < 4.78 is 0.981. The predicted octanol–water partition coefficient (Wildman–Crippen LogP) is 3.32. The first-order chi connectivity index (χ1) is 11.5. The van der Waals surface area contributed by atoms with Gasteiger partial charge in [-0.15, -0.1) is 12.4 Å². The van der Waals surface area contributed by atoms with Gasteiger partial charge in [0, 0.05) is 29.2 Å². The Kier molecular flexibility index (Phi) is 6.88. The fraction of sp³-hybridized carbons (Fsp3) is 0.556. The minimum absolute atomic E-state index is 0. The van der Waals surface area contributed by atoms with E-state index < -0.39 is 5.54 Å². The maximum atomic E-state index is 12.6. The predicted molar refractivity (Wildman–Crippen MR) is 105 cm³/mol. The normalized spacial score (nSPS) is 20.0. The molecule has 1 saturated carbocycles. The number of hydrogen-bond donors (Lipinski definition) is 2. The van der Waals surface area contributed by atoms with Gasteiger partial charge in [-0.25, -0.2) is 0 Å². The molecule has 7 heteroatoms. The van der Waals surface area contributed by atoms with Crippen LogP contribution in [0.2, 0.25) is 0 Å². The van der Waals surface area contributed by atoms with Crippen molar-refractivity contribution in [3.8, 4) is 0 Å². The first-order valence-electron chi connectivity index (χ1n) is 8.63. The summed E-state index contributed by atoms with van der Waals surface area (Å²) in [6.07, 6.45) is 5.04. The molecule has 0 bridgehead atoms. The second kappa shape index (κ2) is 8.52. The van der Waals surface area contributed by atoms with Crippen LogP contribution in [-0.4, -0.2) is 35.3 Å². The Hall–Kier alpha value is -1.11. The van der Waals surface area contributed by atoms with Crippen LogP contribution < -0.4 is 11.1 Å². The third-order valence-electron chi connectivity index (χ3n) is 5.19. The van der Waals surface area contributed by atoms with E-state index in [2.05, 4.69) is 21.2 Å². The van der Waals surface area contributed by atoms with E-state index in [1.807, 2.05) is 29.2 Å². The number of halogens is 2. The number of nitrogens with one attached hydrogen (secondary N) is 1. The van der Waals surface area contributed by atoms with Crippen LogP contribution in [0.3, 0.4) is 0 Å². The third-order valence-corrected chi connectivity index (χ3v) is 5.72. The van der Waals surface area contributed by atoms with Crippen molar-refractivity contribution in [2.75, 3.05) is 18.4 Å². The highest BCUT2D eigenvalue weighted by molar-refractivity contribution is 9.10. The smallest absolute Gasteiger partial charge is 0.242 e. The molecule has 3 N–H and O–H groups in total. The molecule has 1 aromatic carbocycles. The van der Waals surface area contributed by atoms with Crippen molar-refractivity contribution in [3.63, 3.8) is 0 Å². The zero-order valence-corrected chi connectivity index (χ0v) is 16.6. The van der Waals surface area contributed by atoms with Crippen LogP contribution in [0.5, 0.6) is 0 Å². The summed E-state index contributed by atoms with van der Waals surface area (Å²) in [5, 5.41) is 2.96. The van der Waals surface area contributed by atoms with Crippen LogP contribution in [0.25, 0.3) is 0 Å². The lowest BCUT2D eigenvalue weighted by molar-refractivity contribution is -0.139. The van der Waals surface area contributed by atoms with E-state index in [1.54, 1.807) is 0 Å². The molecule has 0 unspecified atom stereocenters. The molecule has 138 valence electrons. The van der Waals surface area contributed by atoms with Crippen molar-refractivity contribution in [2.45, 2.75) is 44.1 Å². The summed E-state index contributed by atoms with van der Waals surface area (Å²) in [7, 11) is 0. The summed E-state index contributed by atoms with van der Waals surface area (Å²) in [6.45, 7) is 1.24. The SMILES string of the molecule is Cl.NC1(C(=O)N2CCC(C(=O)Nc3ccc(Br)cc3)CC2)CCCC1. The van der Waals surface area contributed by atoms with E-state index in [0.717, 1.165) is 35.8 Å². The molecule has 1 aliphatic heterocycles. The van der Waals surface area contributed by atoms with E-state index in [9.17, 15) is 9.59 Å². The zero-order chi connectivity index (χ0) is 17.2. The topological polar surface area (TPSA) is 75.4 Å². The molecule has 1 heterocycles. The third kappa shape index (κ3) is 4.74. The minimum atomic E-state index is -0.660. The molecular weight excluding hydrogens is 406 g/mol. The second-order valence-corrected chi connectivity index (χ2v) is 7.84. The Bertz CT molecular complexity index is 609. The summed E-state index contributed by atoms with van der Waals surface area (Å²) in [4.78, 5) is 26.9. The molecule has 1 aliphatic carbocycles. The van der Waals surface area contributed by atoms with Crippen LogP contribution in [0.1, 0.15) is 38.5 Å². The van der Waals surface area contributed by atoms with Crippen molar-refractivity contribution in [3.05, 3.63) is 28.7 Å². The van der Waals surface area contributed by atoms with Crippen LogP contribution in [0, 0.1) is 5.92 Å². The van der Waals surface area contributed by atoms with Crippen LogP contribution in [0.15, 0.2) is 28.7 Å². The Morgan fingerprint density at radius 3 is 2.24 bits per heavy atom. The van der Waals surface area contributed by atoms with E-state index >= 15 is 0 Å². The van der Waals surface area contributed by atoms with E-state index in [0.29, 0.717) is 25.9 Å². The average Bonchev–Trinajstić information content (AvgIpc) is 3.04. The molecule has 0 radical (unpaired) electrons. The van der Waals surface area contributed by atoms with Gasteiger partial charge < -0.3 is 16.0 Å². The van der Waals surface area contributed by atoms with Gasteiger partial charge in [0.1, 0.15) is 0 Å². The summed E-state index contributed by atoms with van der Waals surface area (Å²) >= 11 is 3.38. The van der Waals surface area contributed by atoms with Gasteiger partial charge in [-0.3, -0.25) is 9.59 Å². The summed E-state index contributed by atoms with van der Waals surface area (Å²) in [6, 6.07) is 7.55. The molecule has 1 saturated heterocycles. The lowest BCUT2D eigenvalue weighted by Crippen LogP contribution is -2.55. The standard InChI is InChI=1S/C18H24BrN3O2.ClH/c19-14-3-5-15(6-4-14)21-16(23)13-7-11-22(12-8-13)17(24)18(20)9-1-2-10-18;/h3-6,13H,1-2,7-12,20H2,(H,21,23);1H. The molecule has 1 aromatic rings. The van der Waals surface area contributed by atoms with E-state index in [1.165, 1.54) is 0 Å². The summed E-state index contributed by atoms with van der Waals surface area (Å²) in [5.41, 5.74) is 6.41. The van der Waals surface area contributed by atoms with Gasteiger partial charge >= 0.3 is 0 Å². The molecule has 2 aliphatic rings. The van der Waals surface area contributed by atoms with Crippen molar-refractivity contribution in [1.29, 1.82) is 0 Å². The maximum absolute atomic E-state index is 12.6. The summed E-state index contributed by atoms with van der Waals surface area (Å²) in [5.74, 6) is 0.0644. The highest BCUT2D eigenvalue weighted by Gasteiger charge is 2.41.